The molecule has 0 amide bonds. The molecule has 0 unspecified atom stereocenters. The van der Waals surface area contributed by atoms with Gasteiger partial charge in [-0.05, 0) is 89.0 Å². The van der Waals surface area contributed by atoms with E-state index >= 15 is 0 Å². The van der Waals surface area contributed by atoms with E-state index in [-0.39, 0.29) is 5.78 Å². The van der Waals surface area contributed by atoms with Gasteiger partial charge in [-0.1, -0.05) is 12.1 Å². The van der Waals surface area contributed by atoms with E-state index in [1.54, 1.807) is 0 Å². The van der Waals surface area contributed by atoms with Gasteiger partial charge < -0.3 is 19.3 Å². The zero-order chi connectivity index (χ0) is 21.8. The minimum atomic E-state index is 0.0816. The Morgan fingerprint density at radius 1 is 0.719 bits per heavy atom. The highest BCUT2D eigenvalue weighted by atomic mass is 16.5. The van der Waals surface area contributed by atoms with Gasteiger partial charge in [0, 0.05) is 35.3 Å². The van der Waals surface area contributed by atoms with Crippen LogP contribution in [0.15, 0.2) is 36.4 Å². The molecule has 2 saturated heterocycles. The summed E-state index contributed by atoms with van der Waals surface area (Å²) in [7, 11) is 0. The van der Waals surface area contributed by atoms with Gasteiger partial charge in [0.15, 0.2) is 5.78 Å². The number of hydrogen-bond donors (Lipinski definition) is 0. The second kappa shape index (κ2) is 10.1. The van der Waals surface area contributed by atoms with Gasteiger partial charge in [0.05, 0.1) is 13.2 Å². The third-order valence-electron chi connectivity index (χ3n) is 6.94. The Hall–Kier alpha value is -2.37. The second-order valence-electron chi connectivity index (χ2n) is 9.22. The Morgan fingerprint density at radius 2 is 1.38 bits per heavy atom. The predicted molar refractivity (Wildman–Crippen MR) is 127 cm³/mol. The highest BCUT2D eigenvalue weighted by molar-refractivity contribution is 6.22. The van der Waals surface area contributed by atoms with Crippen molar-refractivity contribution < 1.29 is 14.3 Å². The third-order valence-corrected chi connectivity index (χ3v) is 6.94. The van der Waals surface area contributed by atoms with Crippen molar-refractivity contribution in [2.45, 2.75) is 38.5 Å². The maximum absolute atomic E-state index is 13.0. The van der Waals surface area contributed by atoms with E-state index < -0.39 is 0 Å². The summed E-state index contributed by atoms with van der Waals surface area (Å²) in [5.41, 5.74) is 3.36. The molecule has 0 saturated carbocycles. The average Bonchev–Trinajstić information content (AvgIpc) is 3.57. The van der Waals surface area contributed by atoms with E-state index in [9.17, 15) is 4.79 Å². The first-order chi connectivity index (χ1) is 15.8. The van der Waals surface area contributed by atoms with Crippen LogP contribution in [0.1, 0.15) is 54.4 Å². The predicted octanol–water partition coefficient (Wildman–Crippen LogP) is 4.63. The maximum atomic E-state index is 13.0. The molecule has 0 radical (unpaired) electrons. The van der Waals surface area contributed by atoms with Crippen LogP contribution in [-0.2, 0) is 0 Å². The normalized spacial score (nSPS) is 18.2. The van der Waals surface area contributed by atoms with E-state index in [0.717, 1.165) is 59.7 Å². The number of hydrogen-bond acceptors (Lipinski definition) is 5. The van der Waals surface area contributed by atoms with Crippen molar-refractivity contribution in [3.8, 4) is 22.6 Å². The molecule has 2 aromatic rings. The van der Waals surface area contributed by atoms with Gasteiger partial charge in [-0.2, -0.15) is 0 Å². The standard InChI is InChI=1S/C27H34N2O3/c30-27-22-11-10-21(31-18-6-16-28-12-1-2-13-28)20-24(22)26-23(27)8-5-9-25(26)32-19-7-17-29-14-3-4-15-29/h5,8-11,20H,1-4,6-7,12-19H2. The summed E-state index contributed by atoms with van der Waals surface area (Å²) in [5, 5.41) is 0. The zero-order valence-electron chi connectivity index (χ0n) is 19.0. The van der Waals surface area contributed by atoms with Gasteiger partial charge >= 0.3 is 0 Å². The minimum Gasteiger partial charge on any atom is -0.494 e. The molecule has 0 N–H and O–H groups in total. The molecule has 0 bridgehead atoms. The maximum Gasteiger partial charge on any atom is 0.194 e. The lowest BCUT2D eigenvalue weighted by Gasteiger charge is -2.16. The number of ether oxygens (including phenoxy) is 2. The van der Waals surface area contributed by atoms with Gasteiger partial charge in [-0.25, -0.2) is 0 Å². The van der Waals surface area contributed by atoms with Crippen LogP contribution in [0.5, 0.6) is 11.5 Å². The highest BCUT2D eigenvalue weighted by Gasteiger charge is 2.30. The number of likely N-dealkylation sites (tertiary alicyclic amines) is 2. The van der Waals surface area contributed by atoms with Crippen molar-refractivity contribution in [1.82, 2.24) is 9.80 Å². The zero-order valence-corrected chi connectivity index (χ0v) is 19.0. The number of rotatable bonds is 10. The smallest absolute Gasteiger partial charge is 0.194 e. The van der Waals surface area contributed by atoms with Crippen molar-refractivity contribution in [2.24, 2.45) is 0 Å². The number of nitrogens with zero attached hydrogens (tertiary/aromatic N) is 2. The van der Waals surface area contributed by atoms with Crippen LogP contribution in [0, 0.1) is 0 Å². The fourth-order valence-electron chi connectivity index (χ4n) is 5.24. The Bertz CT molecular complexity index is 946. The molecule has 2 heterocycles. The third kappa shape index (κ3) is 4.69. The fraction of sp³-hybridized carbons (Fsp3) is 0.519. The molecule has 2 aliphatic heterocycles. The van der Waals surface area contributed by atoms with Crippen LogP contribution in [-0.4, -0.2) is 68.1 Å². The Labute approximate surface area is 191 Å². The number of carbonyl (C=O) groups excluding carboxylic acids is 1. The van der Waals surface area contributed by atoms with Crippen molar-refractivity contribution in [3.63, 3.8) is 0 Å². The fourth-order valence-corrected chi connectivity index (χ4v) is 5.24. The van der Waals surface area contributed by atoms with Gasteiger partial charge in [0.25, 0.3) is 0 Å². The number of ketones is 1. The quantitative estimate of drug-likeness (QED) is 0.435. The van der Waals surface area contributed by atoms with Crippen LogP contribution in [0.25, 0.3) is 11.1 Å². The van der Waals surface area contributed by atoms with Crippen molar-refractivity contribution in [1.29, 1.82) is 0 Å². The molecule has 0 aromatic heterocycles. The molecule has 2 aromatic carbocycles. The first-order valence-corrected chi connectivity index (χ1v) is 12.3. The average molecular weight is 435 g/mol. The number of carbonyl (C=O) groups is 1. The van der Waals surface area contributed by atoms with E-state index in [1.165, 1.54) is 51.9 Å². The Balaban J connectivity index is 1.23. The number of fused-ring (bicyclic) bond motifs is 3. The molecule has 5 rings (SSSR count). The molecule has 2 fully saturated rings. The summed E-state index contributed by atoms with van der Waals surface area (Å²) >= 11 is 0. The monoisotopic (exact) mass is 434 g/mol. The molecule has 3 aliphatic rings. The summed E-state index contributed by atoms with van der Waals surface area (Å²) in [6, 6.07) is 11.7. The van der Waals surface area contributed by atoms with Gasteiger partial charge in [-0.3, -0.25) is 4.79 Å². The molecule has 0 atom stereocenters. The molecule has 170 valence electrons. The lowest BCUT2D eigenvalue weighted by Crippen LogP contribution is -2.22. The van der Waals surface area contributed by atoms with Crippen molar-refractivity contribution in [2.75, 3.05) is 52.5 Å². The molecule has 0 spiro atoms. The van der Waals surface area contributed by atoms with E-state index in [0.29, 0.717) is 13.2 Å². The summed E-state index contributed by atoms with van der Waals surface area (Å²) in [6.07, 6.45) is 7.30. The van der Waals surface area contributed by atoms with Crippen molar-refractivity contribution >= 4 is 5.78 Å². The first-order valence-electron chi connectivity index (χ1n) is 12.3. The lowest BCUT2D eigenvalue weighted by molar-refractivity contribution is 0.104. The lowest BCUT2D eigenvalue weighted by atomic mass is 10.0. The van der Waals surface area contributed by atoms with Crippen LogP contribution < -0.4 is 9.47 Å². The van der Waals surface area contributed by atoms with Gasteiger partial charge in [0.2, 0.25) is 0 Å². The molecule has 5 nitrogen and oxygen atoms in total. The second-order valence-corrected chi connectivity index (χ2v) is 9.22. The Kier molecular flexibility index (Phi) is 6.75. The highest BCUT2D eigenvalue weighted by Crippen LogP contribution is 2.44. The van der Waals surface area contributed by atoms with E-state index in [1.807, 2.05) is 36.4 Å². The van der Waals surface area contributed by atoms with Gasteiger partial charge in [-0.15, -0.1) is 0 Å². The molecule has 32 heavy (non-hydrogen) atoms. The van der Waals surface area contributed by atoms with Crippen LogP contribution in [0.2, 0.25) is 0 Å². The summed E-state index contributed by atoms with van der Waals surface area (Å²) in [6.45, 7) is 8.42. The van der Waals surface area contributed by atoms with Gasteiger partial charge in [0.1, 0.15) is 11.5 Å². The largest absolute Gasteiger partial charge is 0.494 e. The topological polar surface area (TPSA) is 42.0 Å². The summed E-state index contributed by atoms with van der Waals surface area (Å²) in [5.74, 6) is 1.72. The molecule has 5 heteroatoms. The SMILES string of the molecule is O=C1c2ccc(OCCCN3CCCC3)cc2-c2c(OCCCN3CCCC3)cccc21. The minimum absolute atomic E-state index is 0.0816. The Morgan fingerprint density at radius 3 is 2.06 bits per heavy atom. The first kappa shape index (κ1) is 21.5. The van der Waals surface area contributed by atoms with Crippen LogP contribution in [0.4, 0.5) is 0 Å². The summed E-state index contributed by atoms with van der Waals surface area (Å²) < 4.78 is 12.2. The molecular formula is C27H34N2O3. The molecular weight excluding hydrogens is 400 g/mol. The van der Waals surface area contributed by atoms with Crippen LogP contribution >= 0.6 is 0 Å². The van der Waals surface area contributed by atoms with E-state index in [4.69, 9.17) is 9.47 Å². The van der Waals surface area contributed by atoms with Crippen LogP contribution in [0.3, 0.4) is 0 Å². The van der Waals surface area contributed by atoms with Crippen molar-refractivity contribution in [3.05, 3.63) is 47.5 Å². The van der Waals surface area contributed by atoms with E-state index in [2.05, 4.69) is 9.80 Å². The number of benzene rings is 2. The summed E-state index contributed by atoms with van der Waals surface area (Å²) in [4.78, 5) is 18.0. The molecule has 1 aliphatic carbocycles.